The lowest BCUT2D eigenvalue weighted by Gasteiger charge is -2.13. The Labute approximate surface area is 122 Å². The Kier molecular flexibility index (Phi) is 4.18. The van der Waals surface area contributed by atoms with Gasteiger partial charge in [0.2, 0.25) is 0 Å². The van der Waals surface area contributed by atoms with Crippen molar-refractivity contribution in [1.29, 1.82) is 0 Å². The summed E-state index contributed by atoms with van der Waals surface area (Å²) in [4.78, 5) is 11.2. The summed E-state index contributed by atoms with van der Waals surface area (Å²) in [5, 5.41) is 12.2. The third kappa shape index (κ3) is 3.36. The number of nitrogens with one attached hydrogen (secondary N) is 1. The highest BCUT2D eigenvalue weighted by Gasteiger charge is 2.11. The second-order valence-corrected chi connectivity index (χ2v) is 4.34. The van der Waals surface area contributed by atoms with Crippen LogP contribution in [0.2, 0.25) is 0 Å². The van der Waals surface area contributed by atoms with Crippen LogP contribution >= 0.6 is 0 Å². The zero-order valence-corrected chi connectivity index (χ0v) is 11.7. The molecule has 0 aliphatic heterocycles. The molecule has 6 heteroatoms. The fourth-order valence-electron chi connectivity index (χ4n) is 1.89. The third-order valence-electron chi connectivity index (χ3n) is 2.90. The lowest BCUT2D eigenvalue weighted by Crippen LogP contribution is -2.04. The molecule has 0 bridgehead atoms. The van der Waals surface area contributed by atoms with E-state index in [4.69, 9.17) is 15.2 Å². The molecular weight excluding hydrogens is 272 g/mol. The number of rotatable bonds is 5. The van der Waals surface area contributed by atoms with Gasteiger partial charge in [-0.05, 0) is 18.2 Å². The largest absolute Gasteiger partial charge is 0.497 e. The van der Waals surface area contributed by atoms with Crippen LogP contribution in [0.5, 0.6) is 11.5 Å². The molecule has 2 aromatic rings. The van der Waals surface area contributed by atoms with Crippen molar-refractivity contribution in [2.24, 2.45) is 0 Å². The smallest absolute Gasteiger partial charge is 0.337 e. The van der Waals surface area contributed by atoms with Crippen molar-refractivity contribution >= 4 is 23.0 Å². The summed E-state index contributed by atoms with van der Waals surface area (Å²) < 4.78 is 10.4. The van der Waals surface area contributed by atoms with E-state index in [1.54, 1.807) is 44.6 Å². The molecule has 0 radical (unpaired) electrons. The Morgan fingerprint density at radius 2 is 1.71 bits per heavy atom. The molecule has 2 aromatic carbocycles. The van der Waals surface area contributed by atoms with Crippen molar-refractivity contribution in [3.63, 3.8) is 0 Å². The average Bonchev–Trinajstić information content (AvgIpc) is 2.46. The maximum Gasteiger partial charge on any atom is 0.337 e. The Balaban J connectivity index is 2.42. The molecule has 0 atom stereocenters. The number of methoxy groups -OCH3 is 2. The quantitative estimate of drug-likeness (QED) is 0.732. The highest BCUT2D eigenvalue weighted by molar-refractivity contribution is 5.96. The minimum Gasteiger partial charge on any atom is -0.497 e. The molecule has 0 unspecified atom stereocenters. The van der Waals surface area contributed by atoms with E-state index in [1.807, 2.05) is 0 Å². The Hall–Kier alpha value is -2.89. The molecule has 0 amide bonds. The van der Waals surface area contributed by atoms with Gasteiger partial charge in [0.1, 0.15) is 11.5 Å². The van der Waals surface area contributed by atoms with E-state index in [1.165, 1.54) is 6.07 Å². The number of benzene rings is 2. The molecule has 0 heterocycles. The Morgan fingerprint density at radius 1 is 1.10 bits per heavy atom. The highest BCUT2D eigenvalue weighted by Crippen LogP contribution is 2.30. The van der Waals surface area contributed by atoms with Crippen LogP contribution in [0.15, 0.2) is 36.4 Å². The van der Waals surface area contributed by atoms with E-state index in [0.717, 1.165) is 0 Å². The van der Waals surface area contributed by atoms with Crippen molar-refractivity contribution < 1.29 is 19.4 Å². The first-order valence-corrected chi connectivity index (χ1v) is 6.16. The fourth-order valence-corrected chi connectivity index (χ4v) is 1.89. The van der Waals surface area contributed by atoms with Crippen molar-refractivity contribution in [2.45, 2.75) is 0 Å². The molecule has 0 saturated heterocycles. The van der Waals surface area contributed by atoms with E-state index >= 15 is 0 Å². The minimum absolute atomic E-state index is 0.131. The number of carboxylic acids is 1. The van der Waals surface area contributed by atoms with Crippen LogP contribution < -0.4 is 20.5 Å². The Bertz CT molecular complexity index is 648. The highest BCUT2D eigenvalue weighted by atomic mass is 16.5. The normalized spacial score (nSPS) is 10.0. The first-order chi connectivity index (χ1) is 10.0. The van der Waals surface area contributed by atoms with Gasteiger partial charge in [-0.25, -0.2) is 4.79 Å². The van der Waals surface area contributed by atoms with Crippen LogP contribution in [0.1, 0.15) is 10.4 Å². The molecule has 4 N–H and O–H groups in total. The topological polar surface area (TPSA) is 93.8 Å². The Morgan fingerprint density at radius 3 is 2.24 bits per heavy atom. The number of aromatic carboxylic acids is 1. The number of ether oxygens (including phenoxy) is 2. The van der Waals surface area contributed by atoms with Gasteiger partial charge in [0.05, 0.1) is 25.5 Å². The van der Waals surface area contributed by atoms with E-state index in [9.17, 15) is 9.90 Å². The summed E-state index contributed by atoms with van der Waals surface area (Å²) in [6.07, 6.45) is 0. The summed E-state index contributed by atoms with van der Waals surface area (Å²) in [5.74, 6) is 0.155. The molecule has 6 nitrogen and oxygen atoms in total. The number of nitrogen functional groups attached to an aromatic ring is 1. The van der Waals surface area contributed by atoms with Crippen LogP contribution in [0.4, 0.5) is 17.1 Å². The molecule has 2 rings (SSSR count). The van der Waals surface area contributed by atoms with Gasteiger partial charge in [-0.2, -0.15) is 0 Å². The minimum atomic E-state index is -1.03. The van der Waals surface area contributed by atoms with Gasteiger partial charge >= 0.3 is 5.97 Å². The van der Waals surface area contributed by atoms with Crippen LogP contribution in [-0.4, -0.2) is 25.3 Å². The van der Waals surface area contributed by atoms with Crippen LogP contribution in [0, 0.1) is 0 Å². The molecule has 0 aliphatic rings. The van der Waals surface area contributed by atoms with Gasteiger partial charge < -0.3 is 25.6 Å². The van der Waals surface area contributed by atoms with Gasteiger partial charge in [-0.1, -0.05) is 0 Å². The molecule has 21 heavy (non-hydrogen) atoms. The maximum atomic E-state index is 11.2. The SMILES string of the molecule is COc1cc(Nc2cc(N)ccc2C(=O)O)cc(OC)c1. The molecule has 110 valence electrons. The molecule has 0 aliphatic carbocycles. The average molecular weight is 288 g/mol. The second-order valence-electron chi connectivity index (χ2n) is 4.34. The molecular formula is C15H16N2O4. The summed E-state index contributed by atoms with van der Waals surface area (Å²) in [6, 6.07) is 9.75. The number of anilines is 3. The number of carboxylic acid groups (broad SMARTS) is 1. The second kappa shape index (κ2) is 6.04. The predicted molar refractivity (Wildman–Crippen MR) is 80.6 cm³/mol. The number of nitrogens with two attached hydrogens (primary N) is 1. The van der Waals surface area contributed by atoms with E-state index < -0.39 is 5.97 Å². The summed E-state index contributed by atoms with van der Waals surface area (Å²) in [5.41, 5.74) is 7.35. The van der Waals surface area contributed by atoms with Gasteiger partial charge in [-0.15, -0.1) is 0 Å². The van der Waals surface area contributed by atoms with Gasteiger partial charge in [0.25, 0.3) is 0 Å². The molecule has 0 aromatic heterocycles. The number of hydrogen-bond donors (Lipinski definition) is 3. The van der Waals surface area contributed by atoms with Crippen molar-refractivity contribution in [3.05, 3.63) is 42.0 Å². The summed E-state index contributed by atoms with van der Waals surface area (Å²) in [7, 11) is 3.09. The third-order valence-corrected chi connectivity index (χ3v) is 2.90. The van der Waals surface area contributed by atoms with Gasteiger partial charge in [0.15, 0.2) is 0 Å². The zero-order chi connectivity index (χ0) is 15.4. The molecule has 0 spiro atoms. The number of carbonyl (C=O) groups is 1. The predicted octanol–water partition coefficient (Wildman–Crippen LogP) is 2.73. The van der Waals surface area contributed by atoms with Crippen LogP contribution in [0.3, 0.4) is 0 Å². The fraction of sp³-hybridized carbons (Fsp3) is 0.133. The van der Waals surface area contributed by atoms with Crippen molar-refractivity contribution in [1.82, 2.24) is 0 Å². The maximum absolute atomic E-state index is 11.2. The summed E-state index contributed by atoms with van der Waals surface area (Å²) in [6.45, 7) is 0. The van der Waals surface area contributed by atoms with Crippen LogP contribution in [0.25, 0.3) is 0 Å². The zero-order valence-electron chi connectivity index (χ0n) is 11.7. The van der Waals surface area contributed by atoms with E-state index in [0.29, 0.717) is 28.6 Å². The monoisotopic (exact) mass is 288 g/mol. The van der Waals surface area contributed by atoms with Crippen molar-refractivity contribution in [2.75, 3.05) is 25.3 Å². The first-order valence-electron chi connectivity index (χ1n) is 6.16. The standard InChI is InChI=1S/C15H16N2O4/c1-20-11-6-10(7-12(8-11)21-2)17-14-5-9(16)3-4-13(14)15(18)19/h3-8,17H,16H2,1-2H3,(H,18,19). The van der Waals surface area contributed by atoms with E-state index in [-0.39, 0.29) is 5.56 Å². The van der Waals surface area contributed by atoms with Crippen molar-refractivity contribution in [3.8, 4) is 11.5 Å². The molecule has 0 fully saturated rings. The first kappa shape index (κ1) is 14.5. The lowest BCUT2D eigenvalue weighted by atomic mass is 10.1. The molecule has 0 saturated carbocycles. The number of hydrogen-bond acceptors (Lipinski definition) is 5. The van der Waals surface area contributed by atoms with Crippen LogP contribution in [-0.2, 0) is 0 Å². The van der Waals surface area contributed by atoms with Gasteiger partial charge in [0, 0.05) is 29.6 Å². The lowest BCUT2D eigenvalue weighted by molar-refractivity contribution is 0.0698. The van der Waals surface area contributed by atoms with E-state index in [2.05, 4.69) is 5.32 Å². The van der Waals surface area contributed by atoms with Gasteiger partial charge in [-0.3, -0.25) is 0 Å². The summed E-state index contributed by atoms with van der Waals surface area (Å²) >= 11 is 0.